The Bertz CT molecular complexity index is 1410. The molecule has 1 unspecified atom stereocenters. The van der Waals surface area contributed by atoms with Gasteiger partial charge in [0, 0.05) is 22.9 Å². The van der Waals surface area contributed by atoms with Crippen molar-refractivity contribution in [1.82, 2.24) is 4.98 Å². The number of benzene rings is 3. The highest BCUT2D eigenvalue weighted by molar-refractivity contribution is 6.11. The van der Waals surface area contributed by atoms with Crippen LogP contribution in [-0.4, -0.2) is 24.3 Å². The molecule has 3 aromatic carbocycles. The molecule has 162 valence electrons. The van der Waals surface area contributed by atoms with Crippen LogP contribution in [0.3, 0.4) is 0 Å². The first-order chi connectivity index (χ1) is 16.3. The molecule has 3 aliphatic rings. The van der Waals surface area contributed by atoms with Crippen LogP contribution in [0.2, 0.25) is 0 Å². The third-order valence-corrected chi connectivity index (χ3v) is 6.63. The normalized spacial score (nSPS) is 19.6. The van der Waals surface area contributed by atoms with E-state index in [-0.39, 0.29) is 25.9 Å². The van der Waals surface area contributed by atoms with E-state index >= 15 is 0 Å². The number of oxazole rings is 1. The van der Waals surface area contributed by atoms with Gasteiger partial charge in [0.1, 0.15) is 23.5 Å². The summed E-state index contributed by atoms with van der Waals surface area (Å²) in [5, 5.41) is 0. The minimum atomic E-state index is -0.941. The Morgan fingerprint density at radius 1 is 0.879 bits per heavy atom. The maximum absolute atomic E-state index is 14.1. The molecular formula is C26H18N2O5. The Labute approximate surface area is 189 Å². The Morgan fingerprint density at radius 3 is 2.55 bits per heavy atom. The van der Waals surface area contributed by atoms with E-state index < -0.39 is 5.41 Å². The zero-order valence-electron chi connectivity index (χ0n) is 17.5. The third-order valence-electron chi connectivity index (χ3n) is 6.63. The van der Waals surface area contributed by atoms with Crippen LogP contribution in [0, 0.1) is 0 Å². The molecule has 4 aromatic rings. The Kier molecular flexibility index (Phi) is 3.68. The smallest absolute Gasteiger partial charge is 0.246 e. The summed E-state index contributed by atoms with van der Waals surface area (Å²) in [5.74, 6) is 2.52. The Morgan fingerprint density at radius 2 is 1.67 bits per heavy atom. The summed E-state index contributed by atoms with van der Waals surface area (Å²) >= 11 is 0. The molecule has 0 bridgehead atoms. The number of hydrogen-bond acceptors (Lipinski definition) is 6. The maximum Gasteiger partial charge on any atom is 0.246 e. The molecule has 7 nitrogen and oxygen atoms in total. The lowest BCUT2D eigenvalue weighted by molar-refractivity contribution is -0.122. The van der Waals surface area contributed by atoms with E-state index in [1.807, 2.05) is 66.7 Å². The molecule has 7 heteroatoms. The molecule has 3 aliphatic heterocycles. The first-order valence-corrected chi connectivity index (χ1v) is 10.7. The number of fused-ring (bicyclic) bond motifs is 5. The fraction of sp³-hybridized carbons (Fsp3) is 0.154. The summed E-state index contributed by atoms with van der Waals surface area (Å²) in [6.45, 7) is 0.677. The Balaban J connectivity index is 1.34. The van der Waals surface area contributed by atoms with E-state index in [4.69, 9.17) is 18.6 Å². The van der Waals surface area contributed by atoms with E-state index in [0.29, 0.717) is 28.7 Å². The standard InChI is InChI=1S/C26H18N2O5/c29-25-26(13-30-21-11-23-22(10-18(21)26)32-15-33-23)17-8-4-5-9-20(17)28(25)12-19-24(31-14-27-19)16-6-2-1-3-7-16/h1-11,14H,12-13,15H2. The summed E-state index contributed by atoms with van der Waals surface area (Å²) in [5.41, 5.74) is 3.24. The van der Waals surface area contributed by atoms with Crippen molar-refractivity contribution >= 4 is 11.6 Å². The minimum absolute atomic E-state index is 0.0525. The molecule has 1 amide bonds. The van der Waals surface area contributed by atoms with Crippen LogP contribution in [0.15, 0.2) is 77.5 Å². The number of ether oxygens (including phenoxy) is 3. The largest absolute Gasteiger partial charge is 0.491 e. The van der Waals surface area contributed by atoms with Crippen molar-refractivity contribution in [2.24, 2.45) is 0 Å². The average molecular weight is 438 g/mol. The van der Waals surface area contributed by atoms with Gasteiger partial charge < -0.3 is 23.5 Å². The third kappa shape index (κ3) is 2.44. The van der Waals surface area contributed by atoms with Crippen LogP contribution in [0.1, 0.15) is 16.8 Å². The van der Waals surface area contributed by atoms with Gasteiger partial charge in [0.25, 0.3) is 0 Å². The van der Waals surface area contributed by atoms with Gasteiger partial charge in [-0.15, -0.1) is 0 Å². The molecule has 0 radical (unpaired) electrons. The summed E-state index contributed by atoms with van der Waals surface area (Å²) in [7, 11) is 0. The van der Waals surface area contributed by atoms with E-state index in [0.717, 1.165) is 22.4 Å². The number of aromatic nitrogens is 1. The summed E-state index contributed by atoms with van der Waals surface area (Å²) in [6, 6.07) is 21.3. The van der Waals surface area contributed by atoms with Crippen LogP contribution in [0.5, 0.6) is 17.2 Å². The SMILES string of the molecule is O=C1N(Cc2ncoc2-c2ccccc2)c2ccccc2C12COc1cc3c(cc12)OCO3. The lowest BCUT2D eigenvalue weighted by Gasteiger charge is -2.23. The number of rotatable bonds is 3. The van der Waals surface area contributed by atoms with Crippen molar-refractivity contribution in [3.05, 3.63) is 89.9 Å². The zero-order chi connectivity index (χ0) is 22.0. The van der Waals surface area contributed by atoms with E-state index in [1.54, 1.807) is 4.90 Å². The van der Waals surface area contributed by atoms with Crippen molar-refractivity contribution in [3.63, 3.8) is 0 Å². The highest BCUT2D eigenvalue weighted by Gasteiger charge is 2.57. The van der Waals surface area contributed by atoms with Gasteiger partial charge in [0.2, 0.25) is 12.7 Å². The highest BCUT2D eigenvalue weighted by Crippen LogP contribution is 2.55. The number of carbonyl (C=O) groups excluding carboxylic acids is 1. The van der Waals surface area contributed by atoms with Gasteiger partial charge in [0.05, 0.1) is 6.54 Å². The average Bonchev–Trinajstić information content (AvgIpc) is 3.63. The van der Waals surface area contributed by atoms with Crippen LogP contribution in [-0.2, 0) is 16.8 Å². The summed E-state index contributed by atoms with van der Waals surface area (Å²) in [6.07, 6.45) is 1.43. The van der Waals surface area contributed by atoms with Crippen molar-refractivity contribution in [1.29, 1.82) is 0 Å². The van der Waals surface area contributed by atoms with Crippen molar-refractivity contribution in [3.8, 4) is 28.6 Å². The molecule has 0 fully saturated rings. The van der Waals surface area contributed by atoms with Crippen molar-refractivity contribution in [2.45, 2.75) is 12.0 Å². The molecule has 0 saturated carbocycles. The van der Waals surface area contributed by atoms with Crippen molar-refractivity contribution < 1.29 is 23.4 Å². The number of anilines is 1. The lowest BCUT2D eigenvalue weighted by atomic mass is 9.77. The molecule has 0 N–H and O–H groups in total. The number of hydrogen-bond donors (Lipinski definition) is 0. The molecule has 0 aliphatic carbocycles. The molecule has 1 spiro atoms. The van der Waals surface area contributed by atoms with Crippen LogP contribution < -0.4 is 19.1 Å². The molecule has 0 saturated heterocycles. The number of para-hydroxylation sites is 1. The molecule has 33 heavy (non-hydrogen) atoms. The van der Waals surface area contributed by atoms with Crippen molar-refractivity contribution in [2.75, 3.05) is 18.3 Å². The summed E-state index contributed by atoms with van der Waals surface area (Å²) < 4.78 is 22.9. The second-order valence-corrected chi connectivity index (χ2v) is 8.30. The van der Waals surface area contributed by atoms with Gasteiger partial charge in [-0.05, 0) is 17.7 Å². The minimum Gasteiger partial charge on any atom is -0.491 e. The van der Waals surface area contributed by atoms with Crippen LogP contribution >= 0.6 is 0 Å². The lowest BCUT2D eigenvalue weighted by Crippen LogP contribution is -2.42. The Hall–Kier alpha value is -4.26. The first kappa shape index (κ1) is 18.3. The topological polar surface area (TPSA) is 74.0 Å². The molecular weight excluding hydrogens is 420 g/mol. The van der Waals surface area contributed by atoms with E-state index in [1.165, 1.54) is 6.39 Å². The summed E-state index contributed by atoms with van der Waals surface area (Å²) in [4.78, 5) is 20.4. The molecule has 1 atom stereocenters. The van der Waals surface area contributed by atoms with Gasteiger partial charge in [-0.2, -0.15) is 0 Å². The molecule has 1 aromatic heterocycles. The van der Waals surface area contributed by atoms with Gasteiger partial charge in [-0.1, -0.05) is 48.5 Å². The number of amides is 1. The predicted molar refractivity (Wildman–Crippen MR) is 118 cm³/mol. The highest BCUT2D eigenvalue weighted by atomic mass is 16.7. The van der Waals surface area contributed by atoms with Gasteiger partial charge >= 0.3 is 0 Å². The van der Waals surface area contributed by atoms with E-state index in [2.05, 4.69) is 4.98 Å². The van der Waals surface area contributed by atoms with Crippen LogP contribution in [0.25, 0.3) is 11.3 Å². The fourth-order valence-electron chi connectivity index (χ4n) is 5.08. The number of nitrogens with zero attached hydrogens (tertiary/aromatic N) is 2. The van der Waals surface area contributed by atoms with Gasteiger partial charge in [0.15, 0.2) is 23.7 Å². The quantitative estimate of drug-likeness (QED) is 0.475. The van der Waals surface area contributed by atoms with Gasteiger partial charge in [-0.3, -0.25) is 4.79 Å². The first-order valence-electron chi connectivity index (χ1n) is 10.7. The molecule has 4 heterocycles. The predicted octanol–water partition coefficient (Wildman–Crippen LogP) is 4.30. The van der Waals surface area contributed by atoms with E-state index in [9.17, 15) is 4.79 Å². The second kappa shape index (κ2) is 6.62. The monoisotopic (exact) mass is 438 g/mol. The zero-order valence-corrected chi connectivity index (χ0v) is 17.5. The van der Waals surface area contributed by atoms with Crippen LogP contribution in [0.4, 0.5) is 5.69 Å². The number of carbonyl (C=O) groups is 1. The maximum atomic E-state index is 14.1. The molecule has 7 rings (SSSR count). The fourth-order valence-corrected chi connectivity index (χ4v) is 5.08. The van der Waals surface area contributed by atoms with Gasteiger partial charge in [-0.25, -0.2) is 4.98 Å². The second-order valence-electron chi connectivity index (χ2n) is 8.30.